The molecule has 0 radical (unpaired) electrons. The summed E-state index contributed by atoms with van der Waals surface area (Å²) in [5, 5.41) is 14.1. The molecule has 140 valence electrons. The van der Waals surface area contributed by atoms with Gasteiger partial charge < -0.3 is 10.0 Å². The summed E-state index contributed by atoms with van der Waals surface area (Å²) in [5.41, 5.74) is 1.12. The van der Waals surface area contributed by atoms with Gasteiger partial charge in [-0.05, 0) is 37.7 Å². The highest BCUT2D eigenvalue weighted by Gasteiger charge is 2.36. The number of amides is 1. The van der Waals surface area contributed by atoms with Crippen LogP contribution in [0.2, 0.25) is 0 Å². The smallest absolute Gasteiger partial charge is 0.222 e. The molecule has 1 aliphatic heterocycles. The van der Waals surface area contributed by atoms with Crippen LogP contribution in [0.25, 0.3) is 0 Å². The lowest BCUT2D eigenvalue weighted by Crippen LogP contribution is -2.48. The molecule has 26 heavy (non-hydrogen) atoms. The standard InChI is InChI=1S/C20H28N4O2/c25-15-20(11-9-18-6-2-1-3-7-18)10-5-12-23(14-20)19(26)8-4-13-24-17-21-16-22-24/h1-3,6-7,16-17,25H,4-5,8-15H2/t20-/m1/s1. The molecule has 1 aromatic carbocycles. The van der Waals surface area contributed by atoms with Gasteiger partial charge in [0.05, 0.1) is 6.61 Å². The molecule has 3 rings (SSSR count). The molecule has 2 heterocycles. The van der Waals surface area contributed by atoms with Crippen molar-refractivity contribution in [2.75, 3.05) is 19.7 Å². The van der Waals surface area contributed by atoms with Crippen LogP contribution in [0, 0.1) is 5.41 Å². The number of hydrogen-bond acceptors (Lipinski definition) is 4. The molecule has 0 spiro atoms. The third kappa shape index (κ3) is 4.91. The normalized spacial score (nSPS) is 20.3. The van der Waals surface area contributed by atoms with Crippen molar-refractivity contribution >= 4 is 5.91 Å². The Morgan fingerprint density at radius 1 is 1.27 bits per heavy atom. The molecule has 1 N–H and O–H groups in total. The third-order valence-electron chi connectivity index (χ3n) is 5.38. The van der Waals surface area contributed by atoms with Crippen LogP contribution in [-0.2, 0) is 17.8 Å². The zero-order valence-corrected chi connectivity index (χ0v) is 15.3. The highest BCUT2D eigenvalue weighted by atomic mass is 16.3. The summed E-state index contributed by atoms with van der Waals surface area (Å²) in [5.74, 6) is 0.183. The minimum Gasteiger partial charge on any atom is -0.396 e. The Morgan fingerprint density at radius 3 is 2.85 bits per heavy atom. The first-order valence-corrected chi connectivity index (χ1v) is 9.46. The number of piperidine rings is 1. The fourth-order valence-corrected chi connectivity index (χ4v) is 3.79. The maximum Gasteiger partial charge on any atom is 0.222 e. The summed E-state index contributed by atoms with van der Waals surface area (Å²) in [6.07, 6.45) is 8.25. The molecular formula is C20H28N4O2. The van der Waals surface area contributed by atoms with Crippen LogP contribution >= 0.6 is 0 Å². The largest absolute Gasteiger partial charge is 0.396 e. The van der Waals surface area contributed by atoms with Gasteiger partial charge in [0.1, 0.15) is 12.7 Å². The van der Waals surface area contributed by atoms with Crippen molar-refractivity contribution in [2.24, 2.45) is 5.41 Å². The number of nitrogens with zero attached hydrogens (tertiary/aromatic N) is 4. The number of likely N-dealkylation sites (tertiary alicyclic amines) is 1. The van der Waals surface area contributed by atoms with Crippen LogP contribution in [0.1, 0.15) is 37.7 Å². The molecular weight excluding hydrogens is 328 g/mol. The third-order valence-corrected chi connectivity index (χ3v) is 5.38. The molecule has 1 fully saturated rings. The zero-order valence-electron chi connectivity index (χ0n) is 15.3. The van der Waals surface area contributed by atoms with Gasteiger partial charge in [-0.15, -0.1) is 0 Å². The highest BCUT2D eigenvalue weighted by Crippen LogP contribution is 2.34. The van der Waals surface area contributed by atoms with Gasteiger partial charge in [0, 0.05) is 31.5 Å². The van der Waals surface area contributed by atoms with Crippen molar-refractivity contribution in [1.82, 2.24) is 19.7 Å². The average molecular weight is 356 g/mol. The number of rotatable bonds is 8. The SMILES string of the molecule is O=C(CCCn1cncn1)N1CCC[C@@](CO)(CCc2ccccc2)C1. The van der Waals surface area contributed by atoms with E-state index >= 15 is 0 Å². The van der Waals surface area contributed by atoms with Crippen LogP contribution in [0.4, 0.5) is 0 Å². The van der Waals surface area contributed by atoms with Crippen molar-refractivity contribution < 1.29 is 9.90 Å². The van der Waals surface area contributed by atoms with E-state index in [1.165, 1.54) is 11.9 Å². The first-order valence-electron chi connectivity index (χ1n) is 9.46. The minimum absolute atomic E-state index is 0.141. The molecule has 6 nitrogen and oxygen atoms in total. The van der Waals surface area contributed by atoms with Gasteiger partial charge in [0.15, 0.2) is 0 Å². The summed E-state index contributed by atoms with van der Waals surface area (Å²) >= 11 is 0. The summed E-state index contributed by atoms with van der Waals surface area (Å²) in [6, 6.07) is 10.4. The van der Waals surface area contributed by atoms with E-state index in [1.54, 1.807) is 11.0 Å². The van der Waals surface area contributed by atoms with Crippen LogP contribution in [0.5, 0.6) is 0 Å². The number of carbonyl (C=O) groups is 1. The van der Waals surface area contributed by atoms with E-state index in [4.69, 9.17) is 0 Å². The lowest BCUT2D eigenvalue weighted by molar-refractivity contribution is -0.135. The van der Waals surface area contributed by atoms with E-state index in [0.29, 0.717) is 19.5 Å². The Labute approximate surface area is 154 Å². The average Bonchev–Trinajstić information content (AvgIpc) is 3.21. The van der Waals surface area contributed by atoms with Crippen LogP contribution in [-0.4, -0.2) is 50.4 Å². The Balaban J connectivity index is 1.51. The van der Waals surface area contributed by atoms with Crippen LogP contribution in [0.3, 0.4) is 0 Å². The second kappa shape index (κ2) is 8.94. The molecule has 2 aromatic rings. The molecule has 1 saturated heterocycles. The van der Waals surface area contributed by atoms with E-state index in [9.17, 15) is 9.90 Å². The fraction of sp³-hybridized carbons (Fsp3) is 0.550. The molecule has 1 aromatic heterocycles. The van der Waals surface area contributed by atoms with Gasteiger partial charge in [-0.1, -0.05) is 30.3 Å². The quantitative estimate of drug-likeness (QED) is 0.788. The summed E-state index contributed by atoms with van der Waals surface area (Å²) in [6.45, 7) is 2.31. The Bertz CT molecular complexity index is 674. The van der Waals surface area contributed by atoms with Gasteiger partial charge in [0.2, 0.25) is 5.91 Å². The predicted molar refractivity (Wildman–Crippen MR) is 99.4 cm³/mol. The van der Waals surface area contributed by atoms with Crippen molar-refractivity contribution in [3.8, 4) is 0 Å². The van der Waals surface area contributed by atoms with E-state index in [1.807, 2.05) is 23.1 Å². The summed E-state index contributed by atoms with van der Waals surface area (Å²) < 4.78 is 1.75. The number of aromatic nitrogens is 3. The second-order valence-corrected chi connectivity index (χ2v) is 7.32. The minimum atomic E-state index is -0.171. The second-order valence-electron chi connectivity index (χ2n) is 7.32. The molecule has 1 amide bonds. The maximum absolute atomic E-state index is 12.6. The fourth-order valence-electron chi connectivity index (χ4n) is 3.79. The number of carbonyl (C=O) groups excluding carboxylic acids is 1. The van der Waals surface area contributed by atoms with Crippen molar-refractivity contribution in [3.63, 3.8) is 0 Å². The Morgan fingerprint density at radius 2 is 2.12 bits per heavy atom. The lowest BCUT2D eigenvalue weighted by Gasteiger charge is -2.42. The van der Waals surface area contributed by atoms with Gasteiger partial charge in [0.25, 0.3) is 0 Å². The molecule has 0 aliphatic carbocycles. The maximum atomic E-state index is 12.6. The summed E-state index contributed by atoms with van der Waals surface area (Å²) in [7, 11) is 0. The van der Waals surface area contributed by atoms with Crippen LogP contribution < -0.4 is 0 Å². The summed E-state index contributed by atoms with van der Waals surface area (Å²) in [4.78, 5) is 18.5. The number of benzene rings is 1. The van der Waals surface area contributed by atoms with E-state index < -0.39 is 0 Å². The van der Waals surface area contributed by atoms with Crippen LogP contribution in [0.15, 0.2) is 43.0 Å². The van der Waals surface area contributed by atoms with Crippen molar-refractivity contribution in [2.45, 2.75) is 45.1 Å². The first kappa shape index (κ1) is 18.6. The van der Waals surface area contributed by atoms with Gasteiger partial charge >= 0.3 is 0 Å². The van der Waals surface area contributed by atoms with Gasteiger partial charge in [-0.3, -0.25) is 9.48 Å². The first-order chi connectivity index (χ1) is 12.7. The van der Waals surface area contributed by atoms with Gasteiger partial charge in [-0.25, -0.2) is 4.98 Å². The highest BCUT2D eigenvalue weighted by molar-refractivity contribution is 5.76. The Kier molecular flexibility index (Phi) is 6.39. The van der Waals surface area contributed by atoms with Gasteiger partial charge in [-0.2, -0.15) is 5.10 Å². The molecule has 0 saturated carbocycles. The molecule has 0 bridgehead atoms. The molecule has 0 unspecified atom stereocenters. The molecule has 1 atom stereocenters. The monoisotopic (exact) mass is 356 g/mol. The topological polar surface area (TPSA) is 71.2 Å². The van der Waals surface area contributed by atoms with E-state index in [2.05, 4.69) is 22.2 Å². The number of aryl methyl sites for hydroxylation is 2. The van der Waals surface area contributed by atoms with Crippen molar-refractivity contribution in [1.29, 1.82) is 0 Å². The number of hydrogen-bond donors (Lipinski definition) is 1. The predicted octanol–water partition coefficient (Wildman–Crippen LogP) is 2.29. The number of aliphatic hydroxyl groups excluding tert-OH is 1. The van der Waals surface area contributed by atoms with E-state index in [0.717, 1.165) is 38.6 Å². The molecule has 6 heteroatoms. The lowest BCUT2D eigenvalue weighted by atomic mass is 9.76. The zero-order chi connectivity index (χ0) is 18.2. The van der Waals surface area contributed by atoms with Crippen molar-refractivity contribution in [3.05, 3.63) is 48.5 Å². The molecule has 1 aliphatic rings. The van der Waals surface area contributed by atoms with E-state index in [-0.39, 0.29) is 17.9 Å². The Hall–Kier alpha value is -2.21. The number of aliphatic hydroxyl groups is 1.